The standard InChI is InChI=1S/C44H22O12P4.8Y/c45-31-23-57(49-35-15-5-1-11-27(31)35)53-39-19-9-20-40(54-58-24-32(46)28-12-2-6-16-36(28)50-58)43(39)44-41(55-59-25-33(47)29-13-3-7-17-37(29)51-59)21-10-22-42(44)56-60-26-34(48)30-14-4-8-18-38(30)52-60;;;;;;;;/h5-14,19-22H,23-26H2;;;;;;;;/q-8;;;;;;;;. The number of benzene rings is 6. The van der Waals surface area contributed by atoms with Crippen molar-refractivity contribution < 1.29 is 317 Å². The molecule has 0 saturated heterocycles. The fourth-order valence-corrected chi connectivity index (χ4v) is 11.6. The summed E-state index contributed by atoms with van der Waals surface area (Å²) in [4.78, 5) is 53.2. The maximum Gasteiger partial charge on any atom is 0.292 e. The molecule has 0 amide bonds. The van der Waals surface area contributed by atoms with Gasteiger partial charge in [0.2, 0.25) is 0 Å². The number of carbonyl (C=O) groups excluding carboxylic acids is 4. The predicted octanol–water partition coefficient (Wildman–Crippen LogP) is 9.60. The van der Waals surface area contributed by atoms with Crippen LogP contribution in [-0.2, 0) is 262 Å². The summed E-state index contributed by atoms with van der Waals surface area (Å²) in [6, 6.07) is 45.4. The van der Waals surface area contributed by atoms with Crippen LogP contribution in [0.5, 0.6) is 46.0 Å². The molecule has 12 nitrogen and oxygen atoms in total. The third-order valence-corrected chi connectivity index (χ3v) is 14.5. The van der Waals surface area contributed by atoms with Crippen LogP contribution in [0, 0.1) is 48.5 Å². The number of fused-ring (bicyclic) bond motifs is 4. The van der Waals surface area contributed by atoms with Crippen molar-refractivity contribution in [3.63, 3.8) is 0 Å². The van der Waals surface area contributed by atoms with Gasteiger partial charge < -0.3 is 128 Å². The average Bonchev–Trinajstić information content (AvgIpc) is 3.24. The van der Waals surface area contributed by atoms with E-state index < -0.39 is 33.5 Å². The third-order valence-electron chi connectivity index (χ3n) is 9.13. The molecule has 6 aromatic rings. The van der Waals surface area contributed by atoms with Crippen LogP contribution < -0.4 is 36.2 Å². The van der Waals surface area contributed by atoms with Crippen LogP contribution in [0.1, 0.15) is 41.4 Å². The summed E-state index contributed by atoms with van der Waals surface area (Å²) < 4.78 is 51.2. The smallest absolute Gasteiger partial charge is 0.292 e. The van der Waals surface area contributed by atoms with Crippen LogP contribution in [0.4, 0.5) is 0 Å². The zero-order valence-electron chi connectivity index (χ0n) is 35.2. The van der Waals surface area contributed by atoms with Gasteiger partial charge in [0.05, 0.1) is 58.9 Å². The summed E-state index contributed by atoms with van der Waals surface area (Å²) in [5, 5.41) is 0. The van der Waals surface area contributed by atoms with E-state index in [1.165, 1.54) is 24.3 Å². The molecule has 68 heavy (non-hydrogen) atoms. The molecule has 0 spiro atoms. The quantitative estimate of drug-likeness (QED) is 0.101. The number of ketones is 4. The second-order valence-corrected chi connectivity index (χ2v) is 18.4. The first-order valence-electron chi connectivity index (χ1n) is 17.9. The maximum atomic E-state index is 13.3. The molecular formula is C44H22O12P4Y8-8. The molecular weight excluding hydrogens is 1560 g/mol. The second kappa shape index (κ2) is 31.4. The number of hydrogen-bond acceptors (Lipinski definition) is 12. The SMILES string of the molecule is O=C1CP(Oc2cccc(OP3CC(=O)c4c[c-]c[c-]c4O3)c2-c2c(OP3CC(=O)c4c[c-]c[c-]c4O3)cccc2OP2CC(=O)c3c[c-]c[c-]c3O2)Oc2[c-]c[c-]cc21.[Y].[Y].[Y].[Y].[Y].[Y].[Y].[Y]. The Morgan fingerprint density at radius 1 is 0.368 bits per heavy atom. The summed E-state index contributed by atoms with van der Waals surface area (Å²) >= 11 is 0. The summed E-state index contributed by atoms with van der Waals surface area (Å²) in [5.74, 6) is 0.812. The van der Waals surface area contributed by atoms with Crippen molar-refractivity contribution >= 4 is 56.6 Å². The van der Waals surface area contributed by atoms with E-state index in [-0.39, 0.29) is 367 Å². The first-order chi connectivity index (χ1) is 29.3. The summed E-state index contributed by atoms with van der Waals surface area (Å²) in [5.41, 5.74) is 1.87. The van der Waals surface area contributed by atoms with Crippen molar-refractivity contribution in [2.24, 2.45) is 0 Å². The molecule has 0 aromatic heterocycles. The fraction of sp³-hybridized carbons (Fsp3) is 0.0909. The maximum absolute atomic E-state index is 13.3. The van der Waals surface area contributed by atoms with Gasteiger partial charge in [-0.3, -0.25) is 24.3 Å². The zero-order valence-corrected chi connectivity index (χ0v) is 61.5. The van der Waals surface area contributed by atoms with Crippen molar-refractivity contribution in [3.8, 4) is 57.1 Å². The van der Waals surface area contributed by atoms with Crippen LogP contribution in [0.2, 0.25) is 0 Å². The summed E-state index contributed by atoms with van der Waals surface area (Å²) in [6.07, 6.45) is -0.344. The van der Waals surface area contributed by atoms with Crippen molar-refractivity contribution in [1.29, 1.82) is 0 Å². The Bertz CT molecular complexity index is 2400. The van der Waals surface area contributed by atoms with E-state index >= 15 is 0 Å². The fourth-order valence-electron chi connectivity index (χ4n) is 6.44. The third kappa shape index (κ3) is 15.6. The van der Waals surface area contributed by atoms with Crippen molar-refractivity contribution in [1.82, 2.24) is 0 Å². The van der Waals surface area contributed by atoms with Gasteiger partial charge in [-0.15, -0.1) is 0 Å². The molecule has 0 fully saturated rings. The van der Waals surface area contributed by atoms with E-state index in [2.05, 4.69) is 48.5 Å². The molecule has 0 saturated carbocycles. The van der Waals surface area contributed by atoms with E-state index in [9.17, 15) is 19.2 Å². The molecule has 0 bridgehead atoms. The van der Waals surface area contributed by atoms with Crippen molar-refractivity contribution in [2.75, 3.05) is 24.6 Å². The largest absolute Gasteiger partial charge is 0.489 e. The van der Waals surface area contributed by atoms with Crippen molar-refractivity contribution in [2.45, 2.75) is 0 Å². The van der Waals surface area contributed by atoms with Gasteiger partial charge in [-0.05, 0) is 24.3 Å². The van der Waals surface area contributed by atoms with Crippen LogP contribution >= 0.6 is 33.5 Å². The minimum atomic E-state index is -1.94. The molecule has 10 rings (SSSR count). The average molecular weight is 1580 g/mol. The molecule has 322 valence electrons. The van der Waals surface area contributed by atoms with Gasteiger partial charge in [0, 0.05) is 262 Å². The second-order valence-electron chi connectivity index (χ2n) is 13.0. The Morgan fingerprint density at radius 2 is 0.588 bits per heavy atom. The van der Waals surface area contributed by atoms with Crippen LogP contribution in [0.3, 0.4) is 0 Å². The molecule has 4 unspecified atom stereocenters. The predicted molar refractivity (Wildman–Crippen MR) is 218 cm³/mol. The Labute approximate surface area is 599 Å². The number of hydrogen-bond donors (Lipinski definition) is 0. The Balaban J connectivity index is 0.00000198. The van der Waals surface area contributed by atoms with Crippen LogP contribution in [0.25, 0.3) is 11.1 Å². The van der Waals surface area contributed by atoms with Gasteiger partial charge in [0.25, 0.3) is 33.5 Å². The molecule has 4 aliphatic rings. The van der Waals surface area contributed by atoms with Crippen molar-refractivity contribution in [3.05, 3.63) is 156 Å². The van der Waals surface area contributed by atoms with Gasteiger partial charge >= 0.3 is 0 Å². The molecule has 4 atom stereocenters. The molecule has 4 heterocycles. The van der Waals surface area contributed by atoms with E-state index in [0.29, 0.717) is 22.3 Å². The van der Waals surface area contributed by atoms with Gasteiger partial charge in [-0.25, -0.2) is 0 Å². The Morgan fingerprint density at radius 3 is 0.809 bits per heavy atom. The van der Waals surface area contributed by atoms with E-state index in [1.807, 2.05) is 0 Å². The minimum absolute atomic E-state index is 0. The van der Waals surface area contributed by atoms with Gasteiger partial charge in [-0.1, -0.05) is 35.1 Å². The van der Waals surface area contributed by atoms with Crippen LogP contribution in [-0.4, -0.2) is 47.8 Å². The topological polar surface area (TPSA) is 142 Å². The summed E-state index contributed by atoms with van der Waals surface area (Å²) in [6.45, 7) is 0. The molecule has 24 heteroatoms. The molecule has 8 radical (unpaired) electrons. The number of carbonyl (C=O) groups is 4. The Hall–Kier alpha value is 2.95. The minimum Gasteiger partial charge on any atom is -0.489 e. The number of rotatable bonds is 9. The van der Waals surface area contributed by atoms with Gasteiger partial charge in [0.1, 0.15) is 23.0 Å². The summed E-state index contributed by atoms with van der Waals surface area (Å²) in [7, 11) is -7.77. The monoisotopic (exact) mass is 1580 g/mol. The first-order valence-corrected chi connectivity index (χ1v) is 23.4. The van der Waals surface area contributed by atoms with Gasteiger partial charge in [0.15, 0.2) is 0 Å². The number of Topliss-reactive ketones (excluding diaryl/α,β-unsaturated/α-hetero) is 4. The first kappa shape index (κ1) is 67.1. The molecule has 4 aliphatic heterocycles. The van der Waals surface area contributed by atoms with Gasteiger partial charge in [-0.2, -0.15) is 22.3 Å². The van der Waals surface area contributed by atoms with E-state index in [4.69, 9.17) is 36.2 Å². The van der Waals surface area contributed by atoms with Crippen LogP contribution in [0.15, 0.2) is 84.9 Å². The molecule has 0 aliphatic carbocycles. The molecule has 0 N–H and O–H groups in total. The Kier molecular flexibility index (Phi) is 30.9. The normalized spacial score (nSPS) is 17.7. The van der Waals surface area contributed by atoms with E-state index in [0.717, 1.165) is 0 Å². The zero-order chi connectivity index (χ0) is 40.7. The van der Waals surface area contributed by atoms with E-state index in [1.54, 1.807) is 60.7 Å². The molecule has 6 aromatic carbocycles.